The maximum atomic E-state index is 14.8. The monoisotopic (exact) mass is 1610 g/mol. The van der Waals surface area contributed by atoms with Gasteiger partial charge in [0, 0.05) is 149 Å². The fraction of sp³-hybridized carbons (Fsp3) is 0.240. The number of fused-ring (bicyclic) bond motifs is 12. The quantitative estimate of drug-likeness (QED) is 0.0545. The number of hydrogen-bond donors (Lipinski definition) is 14. The summed E-state index contributed by atoms with van der Waals surface area (Å²) in [6.45, 7) is 1.16. The summed E-state index contributed by atoms with van der Waals surface area (Å²) in [5.41, 5.74) is 37.8. The molecule has 12 atom stereocenters. The van der Waals surface area contributed by atoms with E-state index >= 15 is 0 Å². The highest BCUT2D eigenvalue weighted by Gasteiger charge is 2.43. The average Bonchev–Trinajstić information content (AvgIpc) is 0.796. The SMILES string of the molecule is C#CC#CC#CC#CC#CC#CC#CC#COC(=O)Cc1cc2cc(c1)C(=O)NC1CC(C(=O)Nc3cc(CC(=O)OCC#CC#CC#CC#CC#CC#CC#CC)cc(c3O)C(=O)NC3CC(C(=O)Nc4cc(CC(=O)OC#CC#CC#CC#CC#CC#CC#CC#C)cc(c4O)C(=O)NC4CC(C(=O)N2)C(N)CC4N)C(N)CC3N)C(N)CC1N. The van der Waals surface area contributed by atoms with Crippen LogP contribution in [0.4, 0.5) is 17.1 Å². The summed E-state index contributed by atoms with van der Waals surface area (Å²) >= 11 is 0. The molecule has 122 heavy (non-hydrogen) atoms. The standard InChI is InChI=1S/C96H64N12O14/c1-4-7-10-13-16-19-22-25-28-31-34-37-40-43-46-120-86(109)55-65-49-68-58-69(50-65)103-92(115)70-59-82(79(101)62-75(70)97)105-95(118)73-51-66(56-87(110)121-47-44-41-38-35-32-29-26-23-20-17-14-11-8-5-2)54-85(89(73)112)108-94(117)72-61-83(80(102)64-77(72)99)106-96(119)74-52-67(57-88(111)122-48-45-42-39-36-33-30-27-24-21-18-15-12-9-6-3)53-84(90(74)113)107-93(116)71-60-81(104-91(68)114)78(100)63-76(71)98/h1-2,49-54,58,70-72,75-83,112-113H,48,55-57,59-64,97-102H2,3H3,(H,103,115)(H,104,114)(H,105,118)(H,106,119)(H,107,116)(H,108,117). The summed E-state index contributed by atoms with van der Waals surface area (Å²) in [6, 6.07) is -0.499. The lowest BCUT2D eigenvalue weighted by Crippen LogP contribution is -2.58. The molecule has 6 amide bonds. The number of esters is 3. The molecule has 0 spiro atoms. The van der Waals surface area contributed by atoms with Crippen LogP contribution in [0.25, 0.3) is 0 Å². The normalized spacial score (nSPS) is 19.3. The Balaban J connectivity index is 1.25. The van der Waals surface area contributed by atoms with E-state index in [1.807, 2.05) is 0 Å². The number of rotatable bonds is 7. The van der Waals surface area contributed by atoms with Crippen LogP contribution in [-0.2, 0) is 62.2 Å². The number of amides is 6. The predicted molar refractivity (Wildman–Crippen MR) is 449 cm³/mol. The highest BCUT2D eigenvalue weighted by atomic mass is 16.5. The molecule has 1 heterocycles. The van der Waals surface area contributed by atoms with Crippen molar-refractivity contribution < 1.29 is 67.6 Å². The second-order valence-corrected chi connectivity index (χ2v) is 25.7. The van der Waals surface area contributed by atoms with Gasteiger partial charge in [-0.2, -0.15) is 0 Å². The van der Waals surface area contributed by atoms with Crippen molar-refractivity contribution in [1.29, 1.82) is 0 Å². The molecular formula is C96H64N12O14. The zero-order chi connectivity index (χ0) is 88.0. The number of phenolic OH excluding ortho intramolecular Hbond substituents is 2. The molecule has 3 aromatic rings. The van der Waals surface area contributed by atoms with Crippen molar-refractivity contribution in [1.82, 2.24) is 16.0 Å². The maximum Gasteiger partial charge on any atom is 0.324 e. The fourth-order valence-electron chi connectivity index (χ4n) is 11.9. The van der Waals surface area contributed by atoms with Crippen molar-refractivity contribution in [2.24, 2.45) is 52.2 Å². The van der Waals surface area contributed by atoms with Crippen LogP contribution in [0.3, 0.4) is 0 Å². The van der Waals surface area contributed by atoms with E-state index in [2.05, 4.69) is 293 Å². The molecule has 26 heteroatoms. The summed E-state index contributed by atoms with van der Waals surface area (Å²) in [6.07, 6.45) is 11.5. The average molecular weight is 1610 g/mol. The number of nitrogens with one attached hydrogen (secondary N) is 6. The molecule has 20 N–H and O–H groups in total. The maximum absolute atomic E-state index is 14.8. The third-order valence-corrected chi connectivity index (χ3v) is 17.4. The van der Waals surface area contributed by atoms with Crippen molar-refractivity contribution in [3.63, 3.8) is 0 Å². The first-order valence-corrected chi connectivity index (χ1v) is 36.1. The van der Waals surface area contributed by atoms with Gasteiger partial charge in [0.2, 0.25) is 17.7 Å². The van der Waals surface area contributed by atoms with Gasteiger partial charge in [-0.15, -0.1) is 12.8 Å². The Bertz CT molecular complexity index is 6420. The van der Waals surface area contributed by atoms with Gasteiger partial charge in [-0.05, 0) is 264 Å². The van der Waals surface area contributed by atoms with Gasteiger partial charge in [-0.3, -0.25) is 43.2 Å². The number of terminal acetylenes is 2. The van der Waals surface area contributed by atoms with Gasteiger partial charge in [-0.1, -0.05) is 5.92 Å². The minimum Gasteiger partial charge on any atom is -0.505 e. The molecule has 12 bridgehead atoms. The van der Waals surface area contributed by atoms with Crippen molar-refractivity contribution in [2.75, 3.05) is 22.6 Å². The van der Waals surface area contributed by atoms with Crippen molar-refractivity contribution in [3.8, 4) is 285 Å². The molecule has 0 saturated heterocycles. The van der Waals surface area contributed by atoms with E-state index in [1.165, 1.54) is 30.3 Å². The van der Waals surface area contributed by atoms with Crippen LogP contribution in [-0.4, -0.2) is 125 Å². The number of benzene rings is 3. The molecule has 592 valence electrons. The highest BCUT2D eigenvalue weighted by molar-refractivity contribution is 6.05. The summed E-state index contributed by atoms with van der Waals surface area (Å²) < 4.78 is 15.5. The van der Waals surface area contributed by atoms with Crippen LogP contribution in [0.15, 0.2) is 42.5 Å². The zero-order valence-corrected chi connectivity index (χ0v) is 64.5. The van der Waals surface area contributed by atoms with Crippen LogP contribution >= 0.6 is 0 Å². The second kappa shape index (κ2) is 49.0. The first-order chi connectivity index (χ1) is 59.0. The lowest BCUT2D eigenvalue weighted by Gasteiger charge is -2.38. The topological polar surface area (TPSA) is 450 Å². The number of hydrogen-bond acceptors (Lipinski definition) is 20. The predicted octanol–water partition coefficient (Wildman–Crippen LogP) is -1.65. The van der Waals surface area contributed by atoms with E-state index in [9.17, 15) is 53.4 Å². The smallest absolute Gasteiger partial charge is 0.324 e. The van der Waals surface area contributed by atoms with Crippen LogP contribution in [0.2, 0.25) is 0 Å². The van der Waals surface area contributed by atoms with Crippen LogP contribution in [0, 0.1) is 291 Å². The lowest BCUT2D eigenvalue weighted by atomic mass is 9.78. The molecule has 0 aromatic heterocycles. The van der Waals surface area contributed by atoms with Crippen molar-refractivity contribution >= 4 is 70.4 Å². The number of aromatic hydroxyl groups is 2. The van der Waals surface area contributed by atoms with E-state index < -0.39 is 185 Å². The highest BCUT2D eigenvalue weighted by Crippen LogP contribution is 2.36. The Morgan fingerprint density at radius 1 is 0.369 bits per heavy atom. The molecular weight excluding hydrogens is 1550 g/mol. The largest absolute Gasteiger partial charge is 0.505 e. The zero-order valence-electron chi connectivity index (χ0n) is 64.5. The van der Waals surface area contributed by atoms with Crippen molar-refractivity contribution in [2.45, 2.75) is 119 Å². The molecule has 26 nitrogen and oxygen atoms in total. The summed E-state index contributed by atoms with van der Waals surface area (Å²) in [5, 5.41) is 40.5. The van der Waals surface area contributed by atoms with Gasteiger partial charge in [0.1, 0.15) is 12.2 Å². The van der Waals surface area contributed by atoms with Gasteiger partial charge in [-0.25, -0.2) is 0 Å². The minimum absolute atomic E-state index is 0.00566. The Kier molecular flexibility index (Phi) is 36.7. The Labute approximate surface area is 705 Å². The third-order valence-electron chi connectivity index (χ3n) is 17.4. The van der Waals surface area contributed by atoms with Crippen LogP contribution in [0.1, 0.15) is 93.2 Å². The Morgan fingerprint density at radius 2 is 0.680 bits per heavy atom. The number of anilines is 3. The summed E-state index contributed by atoms with van der Waals surface area (Å²) in [4.78, 5) is 129. The van der Waals surface area contributed by atoms with E-state index in [1.54, 1.807) is 6.92 Å². The molecule has 3 saturated carbocycles. The van der Waals surface area contributed by atoms with Crippen LogP contribution < -0.4 is 66.3 Å². The van der Waals surface area contributed by atoms with Gasteiger partial charge >= 0.3 is 17.9 Å². The van der Waals surface area contributed by atoms with Crippen LogP contribution in [0.5, 0.6) is 11.5 Å². The van der Waals surface area contributed by atoms with Gasteiger partial charge in [0.15, 0.2) is 18.1 Å². The Morgan fingerprint density at radius 3 is 1.04 bits per heavy atom. The molecule has 7 rings (SSSR count). The van der Waals surface area contributed by atoms with E-state index in [0.717, 1.165) is 12.1 Å². The number of ether oxygens (including phenoxy) is 3. The van der Waals surface area contributed by atoms with E-state index in [4.69, 9.17) is 61.5 Å². The molecule has 12 unspecified atom stereocenters. The fourth-order valence-corrected chi connectivity index (χ4v) is 11.9. The van der Waals surface area contributed by atoms with E-state index in [-0.39, 0.29) is 66.5 Å². The molecule has 1 aliphatic heterocycles. The molecule has 3 aliphatic carbocycles. The van der Waals surface area contributed by atoms with E-state index in [0.29, 0.717) is 0 Å². The van der Waals surface area contributed by atoms with Gasteiger partial charge < -0.3 is 90.7 Å². The Hall–Kier alpha value is -17.9. The number of nitrogens with two attached hydrogens (primary N) is 6. The molecule has 3 aromatic carbocycles. The minimum atomic E-state index is -1.25. The van der Waals surface area contributed by atoms with Gasteiger partial charge in [0.25, 0.3) is 17.7 Å². The molecule has 4 aliphatic rings. The molecule has 3 fully saturated rings. The second-order valence-electron chi connectivity index (χ2n) is 25.7. The molecule has 0 radical (unpaired) electrons. The third kappa shape index (κ3) is 30.5. The lowest BCUT2D eigenvalue weighted by molar-refractivity contribution is -0.141. The number of carbonyl (C=O) groups excluding carboxylic acids is 9. The summed E-state index contributed by atoms with van der Waals surface area (Å²) in [5.74, 6) is 88.1. The first-order valence-electron chi connectivity index (χ1n) is 36.1. The van der Waals surface area contributed by atoms with Gasteiger partial charge in [0.05, 0.1) is 59.5 Å². The number of phenols is 2. The first kappa shape index (κ1) is 91.3. The summed E-state index contributed by atoms with van der Waals surface area (Å²) in [7, 11) is 0. The van der Waals surface area contributed by atoms with Crippen molar-refractivity contribution in [3.05, 3.63) is 75.8 Å². The number of carbonyl (C=O) groups is 9.